The molecule has 0 spiro atoms. The number of hydrogen-bond acceptors (Lipinski definition) is 2. The fraction of sp³-hybridized carbons (Fsp3) is 0.143. The Morgan fingerprint density at radius 2 is 1.69 bits per heavy atom. The van der Waals surface area contributed by atoms with Crippen molar-refractivity contribution in [2.45, 2.75) is 11.3 Å². The summed E-state index contributed by atoms with van der Waals surface area (Å²) in [5.74, 6) is -0.328. The van der Waals surface area contributed by atoms with Gasteiger partial charge in [-0.2, -0.15) is 0 Å². The Morgan fingerprint density at radius 1 is 1.15 bits per heavy atom. The van der Waals surface area contributed by atoms with E-state index in [9.17, 15) is 17.4 Å². The molecule has 0 bridgehead atoms. The van der Waals surface area contributed by atoms with E-state index in [2.05, 4.69) is 4.74 Å². The van der Waals surface area contributed by atoms with Crippen molar-refractivity contribution in [2.75, 3.05) is 0 Å². The minimum absolute atomic E-state index is 0.209. The Morgan fingerprint density at radius 3 is 2.08 bits per heavy atom. The van der Waals surface area contributed by atoms with Crippen molar-refractivity contribution in [3.05, 3.63) is 24.3 Å². The van der Waals surface area contributed by atoms with E-state index in [1.54, 1.807) is 0 Å². The maximum Gasteiger partial charge on any atom is 0.573 e. The topological polar surface area (TPSA) is 26.3 Å². The van der Waals surface area contributed by atoms with Crippen LogP contribution in [0.1, 0.15) is 0 Å². The summed E-state index contributed by atoms with van der Waals surface area (Å²) in [6.07, 6.45) is -4.69. The van der Waals surface area contributed by atoms with Crippen molar-refractivity contribution >= 4 is 11.7 Å². The van der Waals surface area contributed by atoms with E-state index >= 15 is 0 Å². The molecule has 0 saturated heterocycles. The highest BCUT2D eigenvalue weighted by Crippen LogP contribution is 2.22. The zero-order chi connectivity index (χ0) is 9.90. The van der Waals surface area contributed by atoms with Crippen LogP contribution in [-0.2, 0) is 15.9 Å². The van der Waals surface area contributed by atoms with Crippen LogP contribution < -0.4 is 4.74 Å². The number of alkyl halides is 3. The summed E-state index contributed by atoms with van der Waals surface area (Å²) in [5, 5.41) is 0. The maximum absolute atomic E-state index is 11.6. The van der Waals surface area contributed by atoms with E-state index in [-0.39, 0.29) is 17.4 Å². The second kappa shape index (κ2) is 3.69. The predicted molar refractivity (Wildman–Crippen MR) is 39.4 cm³/mol. The Balaban J connectivity index is 2.75. The van der Waals surface area contributed by atoms with E-state index < -0.39 is 6.36 Å². The molecule has 0 radical (unpaired) electrons. The molecule has 6 heteroatoms. The van der Waals surface area contributed by atoms with Crippen molar-refractivity contribution in [3.63, 3.8) is 0 Å². The standard InChI is InChI=1S/C7H4F3O2S/c8-7(9,10)12-5-1-3-6(13-11)4-2-5/h1-4H/q+1. The molecule has 70 valence electrons. The summed E-state index contributed by atoms with van der Waals surface area (Å²) in [4.78, 5) is 0.342. The first-order chi connectivity index (χ1) is 6.01. The van der Waals surface area contributed by atoms with Crippen molar-refractivity contribution in [1.29, 1.82) is 0 Å². The highest BCUT2D eigenvalue weighted by Gasteiger charge is 2.31. The predicted octanol–water partition coefficient (Wildman–Crippen LogP) is 2.37. The minimum atomic E-state index is -4.69. The van der Waals surface area contributed by atoms with Crippen molar-refractivity contribution < 1.29 is 22.1 Å². The molecule has 0 aromatic heterocycles. The average molecular weight is 209 g/mol. The Hall–Kier alpha value is -1.17. The van der Waals surface area contributed by atoms with Crippen LogP contribution in [0.4, 0.5) is 13.2 Å². The zero-order valence-electron chi connectivity index (χ0n) is 6.17. The molecule has 13 heavy (non-hydrogen) atoms. The van der Waals surface area contributed by atoms with Gasteiger partial charge in [-0.25, -0.2) is 0 Å². The van der Waals surface area contributed by atoms with Gasteiger partial charge in [0.15, 0.2) is 0 Å². The van der Waals surface area contributed by atoms with E-state index in [4.69, 9.17) is 0 Å². The largest absolute Gasteiger partial charge is 0.573 e. The second-order valence-corrected chi connectivity index (χ2v) is 2.74. The third-order valence-electron chi connectivity index (χ3n) is 1.15. The summed E-state index contributed by atoms with van der Waals surface area (Å²) < 4.78 is 48.7. The molecule has 1 aromatic carbocycles. The molecule has 1 rings (SSSR count). The Kier molecular flexibility index (Phi) is 2.82. The molecule has 0 aliphatic rings. The molecule has 0 aliphatic carbocycles. The fourth-order valence-electron chi connectivity index (χ4n) is 0.697. The zero-order valence-corrected chi connectivity index (χ0v) is 6.98. The first-order valence-electron chi connectivity index (χ1n) is 3.17. The van der Waals surface area contributed by atoms with Gasteiger partial charge in [0.05, 0.1) is 0 Å². The van der Waals surface area contributed by atoms with Crippen LogP contribution in [-0.4, -0.2) is 6.36 Å². The van der Waals surface area contributed by atoms with Crippen LogP contribution in [0.3, 0.4) is 0 Å². The lowest BCUT2D eigenvalue weighted by Crippen LogP contribution is -2.16. The summed E-state index contributed by atoms with van der Waals surface area (Å²) >= 11 is 0.209. The van der Waals surface area contributed by atoms with Gasteiger partial charge in [0, 0.05) is 16.3 Å². The lowest BCUT2D eigenvalue weighted by atomic mass is 10.3. The van der Waals surface area contributed by atoms with Gasteiger partial charge in [-0.1, -0.05) is 0 Å². The molecule has 0 fully saturated rings. The summed E-state index contributed by atoms with van der Waals surface area (Å²) in [6.45, 7) is 0. The van der Waals surface area contributed by atoms with Crippen LogP contribution in [0, 0.1) is 0 Å². The van der Waals surface area contributed by atoms with E-state index in [1.807, 2.05) is 0 Å². The minimum Gasteiger partial charge on any atom is -0.406 e. The summed E-state index contributed by atoms with van der Waals surface area (Å²) in [7, 11) is 0. The van der Waals surface area contributed by atoms with Gasteiger partial charge in [0.1, 0.15) is 5.75 Å². The van der Waals surface area contributed by atoms with E-state index in [0.717, 1.165) is 12.1 Å². The third-order valence-corrected chi connectivity index (χ3v) is 1.62. The average Bonchev–Trinajstić information content (AvgIpc) is 2.03. The normalized spacial score (nSPS) is 11.0. The van der Waals surface area contributed by atoms with Gasteiger partial charge in [-0.3, -0.25) is 0 Å². The molecule has 0 saturated carbocycles. The van der Waals surface area contributed by atoms with E-state index in [1.165, 1.54) is 12.1 Å². The van der Waals surface area contributed by atoms with Crippen molar-refractivity contribution in [1.82, 2.24) is 0 Å². The van der Waals surface area contributed by atoms with Crippen LogP contribution in [0.2, 0.25) is 0 Å². The SMILES string of the molecule is O=[S+]c1ccc(OC(F)(F)F)cc1. The molecule has 0 heterocycles. The number of rotatable bonds is 2. The summed E-state index contributed by atoms with van der Waals surface area (Å²) in [5.41, 5.74) is 0. The molecule has 2 nitrogen and oxygen atoms in total. The van der Waals surface area contributed by atoms with Gasteiger partial charge < -0.3 is 4.74 Å². The van der Waals surface area contributed by atoms with Gasteiger partial charge in [0.2, 0.25) is 0 Å². The number of halogens is 3. The van der Waals surface area contributed by atoms with Crippen LogP contribution in [0.15, 0.2) is 29.2 Å². The van der Waals surface area contributed by atoms with Crippen LogP contribution in [0.25, 0.3) is 0 Å². The molecular formula is C7H4F3O2S+. The van der Waals surface area contributed by atoms with Gasteiger partial charge in [-0.05, 0) is 12.1 Å². The highest BCUT2D eigenvalue weighted by molar-refractivity contribution is 7.65. The second-order valence-electron chi connectivity index (χ2n) is 2.10. The van der Waals surface area contributed by atoms with Gasteiger partial charge in [-0.15, -0.1) is 13.2 Å². The smallest absolute Gasteiger partial charge is 0.406 e. The van der Waals surface area contributed by atoms with Crippen LogP contribution in [0.5, 0.6) is 5.75 Å². The number of ether oxygens (including phenoxy) is 1. The molecule has 0 amide bonds. The molecular weight excluding hydrogens is 205 g/mol. The Labute approximate surface area is 75.8 Å². The lowest BCUT2D eigenvalue weighted by Gasteiger charge is -2.07. The molecule has 0 N–H and O–H groups in total. The van der Waals surface area contributed by atoms with Crippen molar-refractivity contribution in [2.24, 2.45) is 0 Å². The Bertz CT molecular complexity index is 294. The molecule has 0 aliphatic heterocycles. The molecule has 0 atom stereocenters. The summed E-state index contributed by atoms with van der Waals surface area (Å²) in [6, 6.07) is 4.71. The highest BCUT2D eigenvalue weighted by atomic mass is 32.1. The lowest BCUT2D eigenvalue weighted by molar-refractivity contribution is -0.274. The molecule has 0 unspecified atom stereocenters. The first-order valence-corrected chi connectivity index (χ1v) is 3.91. The monoisotopic (exact) mass is 209 g/mol. The van der Waals surface area contributed by atoms with Gasteiger partial charge >= 0.3 is 18.0 Å². The maximum atomic E-state index is 11.6. The number of benzene rings is 1. The quantitative estimate of drug-likeness (QED) is 0.699. The van der Waals surface area contributed by atoms with E-state index in [0.29, 0.717) is 4.90 Å². The van der Waals surface area contributed by atoms with Crippen molar-refractivity contribution in [3.8, 4) is 5.75 Å². The van der Waals surface area contributed by atoms with Gasteiger partial charge in [0.25, 0.3) is 4.90 Å². The molecule has 1 aromatic rings. The third kappa shape index (κ3) is 3.37. The fourth-order valence-corrected chi connectivity index (χ4v) is 0.944. The van der Waals surface area contributed by atoms with Crippen LogP contribution >= 0.6 is 0 Å². The number of hydrogen-bond donors (Lipinski definition) is 0. The first kappa shape index (κ1) is 9.91.